The van der Waals surface area contributed by atoms with E-state index >= 15 is 0 Å². The van der Waals surface area contributed by atoms with Crippen molar-refractivity contribution in [2.75, 3.05) is 11.9 Å². The van der Waals surface area contributed by atoms with E-state index in [9.17, 15) is 13.2 Å². The maximum absolute atomic E-state index is 12.0. The van der Waals surface area contributed by atoms with Crippen LogP contribution in [0.5, 0.6) is 5.75 Å². The Bertz CT molecular complexity index is 526. The molecule has 0 amide bonds. The lowest BCUT2D eigenvalue weighted by molar-refractivity contribution is -0.153. The molecule has 0 aliphatic rings. The summed E-state index contributed by atoms with van der Waals surface area (Å²) in [6.45, 7) is 0.707. The van der Waals surface area contributed by atoms with Gasteiger partial charge >= 0.3 is 6.18 Å². The molecule has 2 aromatic rings. The molecule has 0 aliphatic heterocycles. The third kappa shape index (κ3) is 4.41. The minimum Gasteiger partial charge on any atom is -0.484 e. The fourth-order valence-electron chi connectivity index (χ4n) is 1.57. The van der Waals surface area contributed by atoms with E-state index in [-0.39, 0.29) is 11.8 Å². The number of alkyl halides is 3. The van der Waals surface area contributed by atoms with E-state index in [2.05, 4.69) is 15.0 Å². The van der Waals surface area contributed by atoms with Crippen LogP contribution in [0.1, 0.15) is 17.8 Å². The normalized spacial score (nSPS) is 13.0. The highest BCUT2D eigenvalue weighted by molar-refractivity contribution is 7.09. The van der Waals surface area contributed by atoms with Crippen molar-refractivity contribution < 1.29 is 17.9 Å². The number of aromatic nitrogens is 1. The fourth-order valence-corrected chi connectivity index (χ4v) is 2.20. The first kappa shape index (κ1) is 14.6. The van der Waals surface area contributed by atoms with Crippen LogP contribution in [-0.2, 0) is 0 Å². The van der Waals surface area contributed by atoms with Gasteiger partial charge in [0.25, 0.3) is 0 Å². The molecular formula is C13H13F3N2OS. The standard InChI is InChI=1S/C13H13F3N2OS/c1-9(12-6-17-8-20-12)18-10-2-4-11(5-3-10)19-7-13(14,15)16/h2-6,8-9,18H,7H2,1H3. The van der Waals surface area contributed by atoms with Gasteiger partial charge in [0.05, 0.1) is 11.6 Å². The lowest BCUT2D eigenvalue weighted by atomic mass is 10.2. The summed E-state index contributed by atoms with van der Waals surface area (Å²) in [5.74, 6) is 0.193. The summed E-state index contributed by atoms with van der Waals surface area (Å²) in [7, 11) is 0. The van der Waals surface area contributed by atoms with Crippen molar-refractivity contribution in [3.63, 3.8) is 0 Å². The van der Waals surface area contributed by atoms with E-state index in [0.29, 0.717) is 0 Å². The van der Waals surface area contributed by atoms with Crippen molar-refractivity contribution in [1.82, 2.24) is 4.98 Å². The van der Waals surface area contributed by atoms with Gasteiger partial charge in [-0.05, 0) is 31.2 Å². The number of hydrogen-bond donors (Lipinski definition) is 1. The van der Waals surface area contributed by atoms with Crippen molar-refractivity contribution in [2.45, 2.75) is 19.1 Å². The van der Waals surface area contributed by atoms with Crippen molar-refractivity contribution in [2.24, 2.45) is 0 Å². The van der Waals surface area contributed by atoms with Crippen LogP contribution < -0.4 is 10.1 Å². The summed E-state index contributed by atoms with van der Waals surface area (Å²) in [5.41, 5.74) is 2.56. The van der Waals surface area contributed by atoms with Crippen LogP contribution in [0.25, 0.3) is 0 Å². The number of halogens is 3. The number of nitrogens with one attached hydrogen (secondary N) is 1. The van der Waals surface area contributed by atoms with E-state index in [1.807, 2.05) is 6.92 Å². The molecule has 3 nitrogen and oxygen atoms in total. The first-order chi connectivity index (χ1) is 9.44. The van der Waals surface area contributed by atoms with Crippen LogP contribution in [-0.4, -0.2) is 17.8 Å². The average Bonchev–Trinajstić information content (AvgIpc) is 2.91. The quantitative estimate of drug-likeness (QED) is 0.896. The molecule has 1 aromatic carbocycles. The SMILES string of the molecule is CC(Nc1ccc(OCC(F)(F)F)cc1)c1cncs1. The van der Waals surface area contributed by atoms with Gasteiger partial charge in [0, 0.05) is 16.8 Å². The minimum absolute atomic E-state index is 0.0874. The Morgan fingerprint density at radius 2 is 2.00 bits per heavy atom. The topological polar surface area (TPSA) is 34.1 Å². The molecule has 1 heterocycles. The summed E-state index contributed by atoms with van der Waals surface area (Å²) in [6.07, 6.45) is -2.54. The van der Waals surface area contributed by atoms with Gasteiger partial charge in [-0.25, -0.2) is 0 Å². The third-order valence-electron chi connectivity index (χ3n) is 2.52. The van der Waals surface area contributed by atoms with Gasteiger partial charge in [-0.3, -0.25) is 4.98 Å². The molecule has 7 heteroatoms. The number of thiazole rings is 1. The molecule has 1 unspecified atom stereocenters. The van der Waals surface area contributed by atoms with Gasteiger partial charge in [0.15, 0.2) is 6.61 Å². The maximum atomic E-state index is 12.0. The smallest absolute Gasteiger partial charge is 0.422 e. The summed E-state index contributed by atoms with van der Waals surface area (Å²) in [4.78, 5) is 5.08. The van der Waals surface area contributed by atoms with Crippen LogP contribution in [0.3, 0.4) is 0 Å². The first-order valence-electron chi connectivity index (χ1n) is 5.88. The van der Waals surface area contributed by atoms with Crippen LogP contribution >= 0.6 is 11.3 Å². The summed E-state index contributed by atoms with van der Waals surface area (Å²) < 4.78 is 40.7. The van der Waals surface area contributed by atoms with E-state index in [0.717, 1.165) is 10.6 Å². The maximum Gasteiger partial charge on any atom is 0.422 e. The molecule has 0 radical (unpaired) electrons. The Labute approximate surface area is 118 Å². The molecule has 2 rings (SSSR count). The molecule has 1 N–H and O–H groups in total. The van der Waals surface area contributed by atoms with Crippen LogP contribution in [0.2, 0.25) is 0 Å². The zero-order valence-corrected chi connectivity index (χ0v) is 11.5. The van der Waals surface area contributed by atoms with Crippen LogP contribution in [0.15, 0.2) is 36.0 Å². The van der Waals surface area contributed by atoms with E-state index in [1.54, 1.807) is 35.2 Å². The molecule has 20 heavy (non-hydrogen) atoms. The van der Waals surface area contributed by atoms with Gasteiger partial charge in [0.1, 0.15) is 5.75 Å². The fraction of sp³-hybridized carbons (Fsp3) is 0.308. The number of benzene rings is 1. The Kier molecular flexibility index (Phi) is 4.49. The van der Waals surface area contributed by atoms with Crippen molar-refractivity contribution in [3.05, 3.63) is 40.8 Å². The first-order valence-corrected chi connectivity index (χ1v) is 6.76. The van der Waals surface area contributed by atoms with Crippen molar-refractivity contribution >= 4 is 17.0 Å². The number of anilines is 1. The Morgan fingerprint density at radius 1 is 1.30 bits per heavy atom. The van der Waals surface area contributed by atoms with Gasteiger partial charge in [-0.15, -0.1) is 11.3 Å². The molecule has 0 fully saturated rings. The number of nitrogens with zero attached hydrogens (tertiary/aromatic N) is 1. The van der Waals surface area contributed by atoms with E-state index < -0.39 is 12.8 Å². The van der Waals surface area contributed by atoms with Crippen LogP contribution in [0, 0.1) is 0 Å². The molecule has 0 saturated carbocycles. The van der Waals surface area contributed by atoms with Gasteiger partial charge < -0.3 is 10.1 Å². The lowest BCUT2D eigenvalue weighted by Gasteiger charge is -2.14. The van der Waals surface area contributed by atoms with Crippen molar-refractivity contribution in [1.29, 1.82) is 0 Å². The largest absolute Gasteiger partial charge is 0.484 e. The molecule has 108 valence electrons. The lowest BCUT2D eigenvalue weighted by Crippen LogP contribution is -2.19. The second-order valence-electron chi connectivity index (χ2n) is 4.20. The molecule has 0 spiro atoms. The second-order valence-corrected chi connectivity index (χ2v) is 5.12. The zero-order chi connectivity index (χ0) is 14.6. The van der Waals surface area contributed by atoms with Crippen LogP contribution in [0.4, 0.5) is 18.9 Å². The number of hydrogen-bond acceptors (Lipinski definition) is 4. The molecular weight excluding hydrogens is 289 g/mol. The highest BCUT2D eigenvalue weighted by Gasteiger charge is 2.28. The molecule has 1 aromatic heterocycles. The number of rotatable bonds is 5. The summed E-state index contributed by atoms with van der Waals surface area (Å²) >= 11 is 1.54. The van der Waals surface area contributed by atoms with Gasteiger partial charge in [-0.1, -0.05) is 0 Å². The zero-order valence-electron chi connectivity index (χ0n) is 10.6. The summed E-state index contributed by atoms with van der Waals surface area (Å²) in [6, 6.07) is 6.47. The Hall–Kier alpha value is -1.76. The second kappa shape index (κ2) is 6.13. The van der Waals surface area contributed by atoms with Gasteiger partial charge in [0.2, 0.25) is 0 Å². The monoisotopic (exact) mass is 302 g/mol. The Balaban J connectivity index is 1.91. The van der Waals surface area contributed by atoms with E-state index in [1.165, 1.54) is 12.1 Å². The molecule has 0 bridgehead atoms. The average molecular weight is 302 g/mol. The summed E-state index contributed by atoms with van der Waals surface area (Å²) in [5, 5.41) is 3.24. The predicted molar refractivity (Wildman–Crippen MR) is 72.1 cm³/mol. The Morgan fingerprint density at radius 3 is 2.55 bits per heavy atom. The van der Waals surface area contributed by atoms with Crippen molar-refractivity contribution in [3.8, 4) is 5.75 Å². The third-order valence-corrected chi connectivity index (χ3v) is 3.48. The molecule has 1 atom stereocenters. The molecule has 0 saturated heterocycles. The highest BCUT2D eigenvalue weighted by Crippen LogP contribution is 2.24. The minimum atomic E-state index is -4.32. The number of ether oxygens (including phenoxy) is 1. The predicted octanol–water partition coefficient (Wildman–Crippen LogP) is 4.26. The highest BCUT2D eigenvalue weighted by atomic mass is 32.1. The van der Waals surface area contributed by atoms with E-state index in [4.69, 9.17) is 0 Å². The van der Waals surface area contributed by atoms with Gasteiger partial charge in [-0.2, -0.15) is 13.2 Å². The molecule has 0 aliphatic carbocycles.